The fourth-order valence-corrected chi connectivity index (χ4v) is 24.1. The van der Waals surface area contributed by atoms with Crippen molar-refractivity contribution in [3.05, 3.63) is 35.9 Å². The molecule has 0 aliphatic heterocycles. The second kappa shape index (κ2) is 12.6. The zero-order valence-electron chi connectivity index (χ0n) is 18.6. The van der Waals surface area contributed by atoms with Crippen molar-refractivity contribution < 1.29 is 4.21 Å². The van der Waals surface area contributed by atoms with Gasteiger partial charge in [0.1, 0.15) is 0 Å². The van der Waals surface area contributed by atoms with Crippen LogP contribution in [0.2, 0.25) is 13.3 Å². The summed E-state index contributed by atoms with van der Waals surface area (Å²) in [6.45, 7) is 13.2. The summed E-state index contributed by atoms with van der Waals surface area (Å²) >= 11 is -2.62. The molecule has 0 amide bonds. The number of hydrogen-bond acceptors (Lipinski definition) is 1. The van der Waals surface area contributed by atoms with Crippen LogP contribution in [0.1, 0.15) is 89.7 Å². The molecule has 2 nitrogen and oxygen atoms in total. The number of hydrogen-bond donors (Lipinski definition) is 1. The van der Waals surface area contributed by atoms with Crippen molar-refractivity contribution in [3.63, 3.8) is 0 Å². The molecular weight excluding hydrogens is 457 g/mol. The van der Waals surface area contributed by atoms with Gasteiger partial charge in [-0.2, -0.15) is 0 Å². The van der Waals surface area contributed by atoms with Gasteiger partial charge in [0, 0.05) is 0 Å². The Morgan fingerprint density at radius 2 is 1.33 bits per heavy atom. The first-order valence-corrected chi connectivity index (χ1v) is 19.9. The van der Waals surface area contributed by atoms with E-state index in [2.05, 4.69) is 76.6 Å². The van der Waals surface area contributed by atoms with Gasteiger partial charge < -0.3 is 0 Å². The fourth-order valence-electron chi connectivity index (χ4n) is 3.87. The van der Waals surface area contributed by atoms with Crippen LogP contribution in [0.5, 0.6) is 0 Å². The molecule has 27 heavy (non-hydrogen) atoms. The van der Waals surface area contributed by atoms with Crippen LogP contribution in [0.25, 0.3) is 0 Å². The van der Waals surface area contributed by atoms with Gasteiger partial charge >= 0.3 is 176 Å². The fraction of sp³-hybridized carbons (Fsp3) is 0.739. The third kappa shape index (κ3) is 8.18. The molecule has 1 aromatic rings. The molecule has 0 radical (unpaired) electrons. The Morgan fingerprint density at radius 1 is 0.889 bits per heavy atom. The molecule has 1 rings (SSSR count). The first kappa shape index (κ1) is 25.2. The van der Waals surface area contributed by atoms with Gasteiger partial charge in [0.2, 0.25) is 0 Å². The molecule has 1 aromatic carbocycles. The average molecular weight is 500 g/mol. The molecule has 2 atom stereocenters. The molecule has 0 aliphatic rings. The summed E-state index contributed by atoms with van der Waals surface area (Å²) in [7, 11) is -1.03. The van der Waals surface area contributed by atoms with Gasteiger partial charge in [0.15, 0.2) is 0 Å². The van der Waals surface area contributed by atoms with E-state index in [0.717, 1.165) is 0 Å². The molecular formula is C23H43NOSSn. The van der Waals surface area contributed by atoms with Crippen LogP contribution in [0.4, 0.5) is 0 Å². The van der Waals surface area contributed by atoms with Crippen LogP contribution in [0.15, 0.2) is 30.3 Å². The molecule has 0 aromatic heterocycles. The minimum absolute atomic E-state index is 0.231. The van der Waals surface area contributed by atoms with E-state index in [1.54, 1.807) is 0 Å². The normalized spacial score (nSPS) is 14.9. The maximum atomic E-state index is 13.1. The summed E-state index contributed by atoms with van der Waals surface area (Å²) in [4.78, 5) is 0. The predicted molar refractivity (Wildman–Crippen MR) is 125 cm³/mol. The molecule has 0 heterocycles. The van der Waals surface area contributed by atoms with E-state index in [1.165, 1.54) is 57.4 Å². The van der Waals surface area contributed by atoms with E-state index in [0.29, 0.717) is 4.06 Å². The standard InChI is InChI=1S/C11H16NOS.3C4H9.Sn/c1-11(2,3)14(13)12-9-10-7-5-4-6-8-10;3*1-3-4-2;/h4-9,12H,1-3H3;3*1,3-4H2,2H3;/t14-;;;;/m1..../s1. The summed E-state index contributed by atoms with van der Waals surface area (Å²) in [6, 6.07) is 10.9. The summed E-state index contributed by atoms with van der Waals surface area (Å²) in [6.07, 6.45) is 7.78. The van der Waals surface area contributed by atoms with Gasteiger partial charge in [0.25, 0.3) is 0 Å². The molecule has 0 fully saturated rings. The predicted octanol–water partition coefficient (Wildman–Crippen LogP) is 7.17. The van der Waals surface area contributed by atoms with Crippen LogP contribution in [0.3, 0.4) is 0 Å². The van der Waals surface area contributed by atoms with Gasteiger partial charge in [-0.15, -0.1) is 0 Å². The van der Waals surface area contributed by atoms with E-state index < -0.39 is 29.4 Å². The molecule has 0 saturated carbocycles. The minimum atomic E-state index is -2.62. The van der Waals surface area contributed by atoms with Gasteiger partial charge in [0.05, 0.1) is 0 Å². The average Bonchev–Trinajstić information content (AvgIpc) is 2.66. The topological polar surface area (TPSA) is 29.1 Å². The Balaban J connectivity index is 3.37. The van der Waals surface area contributed by atoms with E-state index >= 15 is 0 Å². The molecule has 0 saturated heterocycles. The van der Waals surface area contributed by atoms with Crippen molar-refractivity contribution in [2.75, 3.05) is 0 Å². The van der Waals surface area contributed by atoms with Crippen LogP contribution in [0, 0.1) is 0 Å². The monoisotopic (exact) mass is 501 g/mol. The summed E-state index contributed by atoms with van der Waals surface area (Å²) in [5, 5.41) is 0. The summed E-state index contributed by atoms with van der Waals surface area (Å²) in [5.74, 6) is 0. The van der Waals surface area contributed by atoms with Crippen molar-refractivity contribution in [3.8, 4) is 0 Å². The zero-order chi connectivity index (χ0) is 20.3. The van der Waals surface area contributed by atoms with Gasteiger partial charge in [-0.05, 0) is 0 Å². The Labute approximate surface area is 175 Å². The summed E-state index contributed by atoms with van der Waals surface area (Å²) < 4.78 is 21.2. The second-order valence-electron chi connectivity index (χ2n) is 9.02. The SMILES string of the molecule is CCC[CH2][Sn]([CH2]CCC)([CH2]CCC)[C@H](N[S@](=O)C(C)(C)C)c1ccccc1. The zero-order valence-corrected chi connectivity index (χ0v) is 22.3. The van der Waals surface area contributed by atoms with Crippen molar-refractivity contribution in [2.45, 2.75) is 102 Å². The molecule has 0 aliphatic carbocycles. The van der Waals surface area contributed by atoms with Gasteiger partial charge in [-0.25, -0.2) is 0 Å². The Bertz CT molecular complexity index is 519. The van der Waals surface area contributed by atoms with Crippen LogP contribution in [-0.4, -0.2) is 27.3 Å². The number of nitrogens with one attached hydrogen (secondary N) is 1. The van der Waals surface area contributed by atoms with Crippen LogP contribution < -0.4 is 4.72 Å². The molecule has 0 spiro atoms. The van der Waals surface area contributed by atoms with E-state index in [4.69, 9.17) is 0 Å². The number of rotatable bonds is 13. The second-order valence-corrected chi connectivity index (χ2v) is 24.7. The maximum absolute atomic E-state index is 13.1. The molecule has 1 N–H and O–H groups in total. The van der Waals surface area contributed by atoms with Gasteiger partial charge in [-0.1, -0.05) is 0 Å². The third-order valence-corrected chi connectivity index (χ3v) is 24.2. The van der Waals surface area contributed by atoms with Crippen molar-refractivity contribution in [1.29, 1.82) is 0 Å². The molecule has 0 unspecified atom stereocenters. The van der Waals surface area contributed by atoms with Crippen LogP contribution in [-0.2, 0) is 11.0 Å². The van der Waals surface area contributed by atoms with Crippen molar-refractivity contribution >= 4 is 29.4 Å². The Morgan fingerprint density at radius 3 is 1.70 bits per heavy atom. The van der Waals surface area contributed by atoms with Crippen LogP contribution >= 0.6 is 0 Å². The van der Waals surface area contributed by atoms with Crippen molar-refractivity contribution in [1.82, 2.24) is 4.72 Å². The number of benzene rings is 1. The molecule has 0 bridgehead atoms. The number of unbranched alkanes of at least 4 members (excludes halogenated alkanes) is 3. The van der Waals surface area contributed by atoms with Crippen molar-refractivity contribution in [2.24, 2.45) is 0 Å². The van der Waals surface area contributed by atoms with E-state index in [1.807, 2.05) is 0 Å². The quantitative estimate of drug-likeness (QED) is 0.286. The molecule has 156 valence electrons. The first-order valence-electron chi connectivity index (χ1n) is 11.0. The molecule has 4 heteroatoms. The summed E-state index contributed by atoms with van der Waals surface area (Å²) in [5.41, 5.74) is 1.38. The van der Waals surface area contributed by atoms with E-state index in [-0.39, 0.29) is 4.75 Å². The Kier molecular flexibility index (Phi) is 11.8. The van der Waals surface area contributed by atoms with E-state index in [9.17, 15) is 4.21 Å². The first-order chi connectivity index (χ1) is 12.8. The van der Waals surface area contributed by atoms with Gasteiger partial charge in [-0.3, -0.25) is 0 Å². The third-order valence-electron chi connectivity index (χ3n) is 5.61. The Hall–Kier alpha value is 0.129.